The Morgan fingerprint density at radius 3 is 1.13 bits per heavy atom. The van der Waals surface area contributed by atoms with E-state index in [0.717, 1.165) is 72.4 Å². The molecule has 5 aliphatic rings. The standard InChI is InChI=1S/C89H55NO/c1-3-25-60(26-4-1)87(61-27-5-2-6-28-61)75-37-16-15-36-71(75)74-54-63(46-51-80(74)87)90(64-45-48-73-70-35-13-19-40-78(70)88(84(73)55-64)76-38-17-11-32-67(76)68-33-12-18-39-77(68)88)62-29-21-24-58(52-62)59-42-47-72-69-34-14-20-41-79(69)89(83(72)53-59)81-49-43-56-22-7-9-30-65(56)85(81)91-86-66-31-10-8-23-57(66)44-50-82(86)89/h1-55H. The summed E-state index contributed by atoms with van der Waals surface area (Å²) in [4.78, 5) is 2.53. The summed E-state index contributed by atoms with van der Waals surface area (Å²) in [5, 5.41) is 4.52. The average Bonchev–Trinajstić information content (AvgIpc) is 1.60. The van der Waals surface area contributed by atoms with Crippen molar-refractivity contribution in [3.05, 3.63) is 400 Å². The van der Waals surface area contributed by atoms with Crippen LogP contribution in [0, 0.1) is 0 Å². The number of fused-ring (bicyclic) bond motifs is 26. The molecule has 0 bridgehead atoms. The van der Waals surface area contributed by atoms with Gasteiger partial charge in [-0.3, -0.25) is 0 Å². The molecule has 0 saturated carbocycles. The zero-order chi connectivity index (χ0) is 59.6. The van der Waals surface area contributed by atoms with Crippen LogP contribution in [0.1, 0.15) is 66.8 Å². The molecule has 2 spiro atoms. The number of hydrogen-bond donors (Lipinski definition) is 0. The largest absolute Gasteiger partial charge is 0.455 e. The molecule has 1 heterocycles. The van der Waals surface area contributed by atoms with Gasteiger partial charge in [0.2, 0.25) is 0 Å². The molecule has 15 aromatic rings. The predicted molar refractivity (Wildman–Crippen MR) is 373 cm³/mol. The molecular formula is C89H55NO. The van der Waals surface area contributed by atoms with Crippen molar-refractivity contribution in [2.45, 2.75) is 16.2 Å². The van der Waals surface area contributed by atoms with E-state index in [2.05, 4.69) is 339 Å². The second kappa shape index (κ2) is 18.7. The molecule has 91 heavy (non-hydrogen) atoms. The second-order valence-electron chi connectivity index (χ2n) is 25.2. The first kappa shape index (κ1) is 50.4. The molecule has 2 nitrogen and oxygen atoms in total. The topological polar surface area (TPSA) is 12.5 Å². The molecule has 1 aliphatic heterocycles. The lowest BCUT2D eigenvalue weighted by Crippen LogP contribution is -2.32. The number of hydrogen-bond acceptors (Lipinski definition) is 2. The highest BCUT2D eigenvalue weighted by Gasteiger charge is 2.54. The third kappa shape index (κ3) is 6.55. The van der Waals surface area contributed by atoms with E-state index < -0.39 is 16.2 Å². The van der Waals surface area contributed by atoms with Gasteiger partial charge in [0.15, 0.2) is 0 Å². The summed E-state index contributed by atoms with van der Waals surface area (Å²) in [6.07, 6.45) is 0. The van der Waals surface area contributed by atoms with E-state index >= 15 is 0 Å². The smallest absolute Gasteiger partial charge is 0.140 e. The maximum absolute atomic E-state index is 7.37. The van der Waals surface area contributed by atoms with Gasteiger partial charge in [-0.2, -0.15) is 0 Å². The molecule has 4 aliphatic carbocycles. The Labute approximate surface area is 528 Å². The van der Waals surface area contributed by atoms with Crippen LogP contribution in [-0.2, 0) is 16.2 Å². The summed E-state index contributed by atoms with van der Waals surface area (Å²) in [6, 6.07) is 126. The average molecular weight is 1150 g/mol. The van der Waals surface area contributed by atoms with Crippen LogP contribution in [0.5, 0.6) is 11.5 Å². The van der Waals surface area contributed by atoms with Gasteiger partial charge in [0, 0.05) is 39.0 Å². The van der Waals surface area contributed by atoms with Crippen LogP contribution in [0.2, 0.25) is 0 Å². The van der Waals surface area contributed by atoms with Crippen LogP contribution >= 0.6 is 0 Å². The Kier molecular flexibility index (Phi) is 10.4. The first-order chi connectivity index (χ1) is 45.1. The van der Waals surface area contributed by atoms with Gasteiger partial charge in [-0.1, -0.05) is 291 Å². The highest BCUT2D eigenvalue weighted by Crippen LogP contribution is 2.66. The number of anilines is 3. The summed E-state index contributed by atoms with van der Waals surface area (Å²) in [7, 11) is 0. The summed E-state index contributed by atoms with van der Waals surface area (Å²) < 4.78 is 7.37. The van der Waals surface area contributed by atoms with E-state index in [1.807, 2.05) is 0 Å². The zero-order valence-corrected chi connectivity index (χ0v) is 49.6. The Balaban J connectivity index is 0.826. The normalized spacial score (nSPS) is 14.5. The first-order valence-corrected chi connectivity index (χ1v) is 31.8. The summed E-state index contributed by atoms with van der Waals surface area (Å²) in [5.74, 6) is 1.83. The summed E-state index contributed by atoms with van der Waals surface area (Å²) >= 11 is 0. The Hall–Kier alpha value is -11.6. The molecule has 0 N–H and O–H groups in total. The maximum atomic E-state index is 7.37. The predicted octanol–water partition coefficient (Wildman–Crippen LogP) is 22.3. The van der Waals surface area contributed by atoms with Crippen molar-refractivity contribution in [2.75, 3.05) is 4.90 Å². The summed E-state index contributed by atoms with van der Waals surface area (Å²) in [5.41, 5.74) is 29.0. The molecule has 0 saturated heterocycles. The minimum atomic E-state index is -0.687. The van der Waals surface area contributed by atoms with Gasteiger partial charge in [0.1, 0.15) is 11.5 Å². The molecule has 15 aromatic carbocycles. The highest BCUT2D eigenvalue weighted by molar-refractivity contribution is 6.02. The molecule has 0 fully saturated rings. The van der Waals surface area contributed by atoms with E-state index in [9.17, 15) is 0 Å². The monoisotopic (exact) mass is 1150 g/mol. The fourth-order valence-corrected chi connectivity index (χ4v) is 17.7. The molecule has 0 atom stereocenters. The van der Waals surface area contributed by atoms with Crippen LogP contribution in [0.15, 0.2) is 334 Å². The SMILES string of the molecule is c1ccc(C2(c3ccccc3)c3ccccc3-c3cc(N(c4cccc(-c5ccc6c(c5)C5(c7ccccc7-6)c6ccc7ccccc7c6Oc6c5ccc5ccccc65)c4)c4ccc5c(c4)C4(c6ccccc6-c6ccccc64)c4ccccc4-5)ccc32)cc1. The van der Waals surface area contributed by atoms with Gasteiger partial charge in [0.25, 0.3) is 0 Å². The fraction of sp³-hybridized carbons (Fsp3) is 0.0337. The van der Waals surface area contributed by atoms with Crippen LogP contribution in [0.4, 0.5) is 17.1 Å². The third-order valence-electron chi connectivity index (χ3n) is 21.2. The molecule has 0 unspecified atom stereocenters. The van der Waals surface area contributed by atoms with Crippen LogP contribution in [-0.4, -0.2) is 0 Å². The Bertz CT molecular complexity index is 5410. The molecule has 0 amide bonds. The second-order valence-corrected chi connectivity index (χ2v) is 25.2. The van der Waals surface area contributed by atoms with Gasteiger partial charge in [0.05, 0.1) is 16.2 Å². The molecule has 0 aromatic heterocycles. The number of benzene rings is 15. The van der Waals surface area contributed by atoms with Crippen LogP contribution in [0.25, 0.3) is 77.2 Å². The minimum absolute atomic E-state index is 0.525. The third-order valence-corrected chi connectivity index (χ3v) is 21.2. The van der Waals surface area contributed by atoms with E-state index in [4.69, 9.17) is 4.74 Å². The van der Waals surface area contributed by atoms with E-state index in [0.29, 0.717) is 0 Å². The van der Waals surface area contributed by atoms with Crippen LogP contribution < -0.4 is 9.64 Å². The lowest BCUT2D eigenvalue weighted by molar-refractivity contribution is 0.447. The number of ether oxygens (including phenoxy) is 1. The number of rotatable bonds is 6. The van der Waals surface area contributed by atoms with Gasteiger partial charge in [-0.05, 0) is 165 Å². The number of nitrogens with zero attached hydrogens (tertiary/aromatic N) is 1. The highest BCUT2D eigenvalue weighted by atomic mass is 16.5. The van der Waals surface area contributed by atoms with Crippen molar-refractivity contribution in [3.63, 3.8) is 0 Å². The van der Waals surface area contributed by atoms with Gasteiger partial charge < -0.3 is 9.64 Å². The van der Waals surface area contributed by atoms with Crippen molar-refractivity contribution in [1.82, 2.24) is 0 Å². The summed E-state index contributed by atoms with van der Waals surface area (Å²) in [6.45, 7) is 0. The van der Waals surface area contributed by atoms with Gasteiger partial charge in [-0.15, -0.1) is 0 Å². The first-order valence-electron chi connectivity index (χ1n) is 31.8. The molecule has 20 rings (SSSR count). The van der Waals surface area contributed by atoms with Crippen molar-refractivity contribution in [2.24, 2.45) is 0 Å². The fourth-order valence-electron chi connectivity index (χ4n) is 17.7. The van der Waals surface area contributed by atoms with Crippen molar-refractivity contribution >= 4 is 38.6 Å². The molecule has 0 radical (unpaired) electrons. The van der Waals surface area contributed by atoms with Crippen molar-refractivity contribution < 1.29 is 4.74 Å². The molecular weight excluding hydrogens is 1100 g/mol. The van der Waals surface area contributed by atoms with E-state index in [1.54, 1.807) is 0 Å². The molecule has 2 heteroatoms. The van der Waals surface area contributed by atoms with E-state index in [1.165, 1.54) is 100 Å². The molecule has 422 valence electrons. The maximum Gasteiger partial charge on any atom is 0.140 e. The van der Waals surface area contributed by atoms with Crippen molar-refractivity contribution in [1.29, 1.82) is 0 Å². The Morgan fingerprint density at radius 2 is 0.582 bits per heavy atom. The zero-order valence-electron chi connectivity index (χ0n) is 49.6. The van der Waals surface area contributed by atoms with E-state index in [-0.39, 0.29) is 0 Å². The minimum Gasteiger partial charge on any atom is -0.455 e. The lowest BCUT2D eigenvalue weighted by atomic mass is 9.65. The van der Waals surface area contributed by atoms with Gasteiger partial charge in [-0.25, -0.2) is 0 Å². The lowest BCUT2D eigenvalue weighted by Gasteiger charge is -2.40. The van der Waals surface area contributed by atoms with Crippen molar-refractivity contribution in [3.8, 4) is 67.1 Å². The van der Waals surface area contributed by atoms with Crippen LogP contribution in [0.3, 0.4) is 0 Å². The quantitative estimate of drug-likeness (QED) is 0.165. The Morgan fingerprint density at radius 1 is 0.209 bits per heavy atom. The van der Waals surface area contributed by atoms with Gasteiger partial charge >= 0.3 is 0 Å².